The van der Waals surface area contributed by atoms with Crippen molar-refractivity contribution in [3.8, 4) is 0 Å². The van der Waals surface area contributed by atoms with Crippen LogP contribution in [0.15, 0.2) is 0 Å². The molecule has 7 heteroatoms. The summed E-state index contributed by atoms with van der Waals surface area (Å²) in [6, 6.07) is -0.860. The third-order valence-electron chi connectivity index (χ3n) is 11.9. The van der Waals surface area contributed by atoms with Gasteiger partial charge in [-0.15, -0.1) is 0 Å². The normalized spacial score (nSPS) is 39.8. The molecule has 0 bridgehead atoms. The lowest BCUT2D eigenvalue weighted by molar-refractivity contribution is -0.164. The molecule has 4 aliphatic carbocycles. The van der Waals surface area contributed by atoms with Crippen LogP contribution >= 0.6 is 0 Å². The van der Waals surface area contributed by atoms with Crippen molar-refractivity contribution in [3.63, 3.8) is 0 Å². The van der Waals surface area contributed by atoms with Crippen LogP contribution < -0.4 is 5.73 Å². The van der Waals surface area contributed by atoms with Gasteiger partial charge in [0.15, 0.2) is 0 Å². The summed E-state index contributed by atoms with van der Waals surface area (Å²) in [4.78, 5) is 34.2. The average Bonchev–Trinajstić information content (AvgIpc) is 3.22. The lowest BCUT2D eigenvalue weighted by atomic mass is 9.44. The maximum Gasteiger partial charge on any atom is 0.323 e. The van der Waals surface area contributed by atoms with E-state index in [-0.39, 0.29) is 18.9 Å². The Labute approximate surface area is 228 Å². The Balaban J connectivity index is 1.34. The van der Waals surface area contributed by atoms with Crippen LogP contribution in [0.1, 0.15) is 117 Å². The van der Waals surface area contributed by atoms with Crippen molar-refractivity contribution < 1.29 is 29.3 Å². The highest BCUT2D eigenvalue weighted by Crippen LogP contribution is 2.68. The van der Waals surface area contributed by atoms with Crippen LogP contribution in [-0.2, 0) is 19.1 Å². The zero-order valence-corrected chi connectivity index (χ0v) is 23.8. The Morgan fingerprint density at radius 1 is 0.868 bits per heavy atom. The number of carboxylic acids is 2. The summed E-state index contributed by atoms with van der Waals surface area (Å²) in [5.74, 6) is 2.25. The maximum absolute atomic E-state index is 12.5. The molecule has 4 N–H and O–H groups in total. The molecule has 4 saturated carbocycles. The Morgan fingerprint density at radius 3 is 2.26 bits per heavy atom. The largest absolute Gasteiger partial charge is 0.481 e. The predicted octanol–water partition coefficient (Wildman–Crippen LogP) is 6.03. The van der Waals surface area contributed by atoms with Crippen molar-refractivity contribution in [1.82, 2.24) is 0 Å². The smallest absolute Gasteiger partial charge is 0.323 e. The molecular weight excluding hydrogens is 482 g/mol. The summed E-state index contributed by atoms with van der Waals surface area (Å²) in [7, 11) is 0. The summed E-state index contributed by atoms with van der Waals surface area (Å²) >= 11 is 0. The molecule has 0 aromatic rings. The molecule has 4 rings (SSSR count). The molecule has 7 nitrogen and oxygen atoms in total. The SMILES string of the molecule is C[C@H](CCCCC(=O)O)C1CCC2C3CCC4C[C@H](OC(=O)[C@@H](N)CCC(=O)O)CC[C@]4(C)C3CC[C@@]21C. The monoisotopic (exact) mass is 533 g/mol. The van der Waals surface area contributed by atoms with E-state index in [0.29, 0.717) is 29.1 Å². The molecule has 0 aromatic carbocycles. The van der Waals surface area contributed by atoms with E-state index < -0.39 is 23.9 Å². The van der Waals surface area contributed by atoms with E-state index in [0.717, 1.165) is 62.2 Å². The molecule has 0 amide bonds. The number of carbonyl (C=O) groups excluding carboxylic acids is 1. The van der Waals surface area contributed by atoms with Gasteiger partial charge in [-0.05, 0) is 117 Å². The van der Waals surface area contributed by atoms with Crippen LogP contribution in [0.4, 0.5) is 0 Å². The first-order valence-electron chi connectivity index (χ1n) is 15.4. The van der Waals surface area contributed by atoms with Crippen LogP contribution in [0.25, 0.3) is 0 Å². The fourth-order valence-electron chi connectivity index (χ4n) is 9.89. The summed E-state index contributed by atoms with van der Waals surface area (Å²) in [5, 5.41) is 17.8. The minimum Gasteiger partial charge on any atom is -0.481 e. The number of rotatable bonds is 11. The van der Waals surface area contributed by atoms with Crippen LogP contribution in [0.3, 0.4) is 0 Å². The van der Waals surface area contributed by atoms with Gasteiger partial charge in [0.2, 0.25) is 0 Å². The Hall–Kier alpha value is -1.63. The number of ether oxygens (including phenoxy) is 1. The number of carboxylic acid groups (broad SMARTS) is 2. The van der Waals surface area contributed by atoms with Gasteiger partial charge in [-0.25, -0.2) is 0 Å². The molecule has 0 spiro atoms. The van der Waals surface area contributed by atoms with Gasteiger partial charge in [0.25, 0.3) is 0 Å². The average molecular weight is 534 g/mol. The van der Waals surface area contributed by atoms with Gasteiger partial charge in [0, 0.05) is 12.8 Å². The topological polar surface area (TPSA) is 127 Å². The van der Waals surface area contributed by atoms with Gasteiger partial charge in [0.1, 0.15) is 12.1 Å². The molecule has 38 heavy (non-hydrogen) atoms. The fourth-order valence-corrected chi connectivity index (χ4v) is 9.89. The second-order valence-corrected chi connectivity index (χ2v) is 13.9. The number of hydrogen-bond donors (Lipinski definition) is 3. The van der Waals surface area contributed by atoms with E-state index in [1.807, 2.05) is 0 Å². The molecule has 10 atom stereocenters. The molecular formula is C31H51NO6. The lowest BCUT2D eigenvalue weighted by Crippen LogP contribution is -2.54. The summed E-state index contributed by atoms with van der Waals surface area (Å²) in [6.45, 7) is 7.52. The van der Waals surface area contributed by atoms with E-state index in [9.17, 15) is 14.4 Å². The molecule has 0 aliphatic heterocycles. The zero-order valence-electron chi connectivity index (χ0n) is 23.8. The van der Waals surface area contributed by atoms with E-state index in [1.165, 1.54) is 38.5 Å². The number of unbranched alkanes of at least 4 members (excludes halogenated alkanes) is 1. The molecule has 0 heterocycles. The maximum atomic E-state index is 12.5. The van der Waals surface area contributed by atoms with Crippen molar-refractivity contribution in [2.45, 2.75) is 129 Å². The molecule has 0 radical (unpaired) electrons. The highest BCUT2D eigenvalue weighted by Gasteiger charge is 2.60. The number of nitrogens with two attached hydrogens (primary N) is 1. The summed E-state index contributed by atoms with van der Waals surface area (Å²) in [6.07, 6.45) is 13.8. The second-order valence-electron chi connectivity index (χ2n) is 13.9. The first-order chi connectivity index (χ1) is 18.0. The van der Waals surface area contributed by atoms with Gasteiger partial charge >= 0.3 is 17.9 Å². The number of carbonyl (C=O) groups is 3. The lowest BCUT2D eigenvalue weighted by Gasteiger charge is -2.61. The zero-order chi connectivity index (χ0) is 27.7. The number of esters is 1. The van der Waals surface area contributed by atoms with Crippen LogP contribution in [0.5, 0.6) is 0 Å². The molecule has 0 aromatic heterocycles. The van der Waals surface area contributed by atoms with Crippen molar-refractivity contribution in [3.05, 3.63) is 0 Å². The van der Waals surface area contributed by atoms with E-state index in [2.05, 4.69) is 20.8 Å². The van der Waals surface area contributed by atoms with Gasteiger partial charge in [-0.1, -0.05) is 33.6 Å². The van der Waals surface area contributed by atoms with Crippen LogP contribution in [-0.4, -0.2) is 40.3 Å². The summed E-state index contributed by atoms with van der Waals surface area (Å²) < 4.78 is 5.81. The molecule has 216 valence electrons. The van der Waals surface area contributed by atoms with Gasteiger partial charge < -0.3 is 20.7 Å². The molecule has 4 fully saturated rings. The van der Waals surface area contributed by atoms with Crippen molar-refractivity contribution in [2.75, 3.05) is 0 Å². The number of aliphatic carboxylic acids is 2. The van der Waals surface area contributed by atoms with Crippen LogP contribution in [0.2, 0.25) is 0 Å². The Bertz CT molecular complexity index is 876. The second kappa shape index (κ2) is 11.9. The first-order valence-corrected chi connectivity index (χ1v) is 15.4. The highest BCUT2D eigenvalue weighted by atomic mass is 16.5. The standard InChI is InChI=1S/C31H51NO6/c1-19(6-4-5-7-27(33)34)23-10-11-24-22-9-8-20-18-21(38-29(37)26(32)12-13-28(35)36)14-16-30(20,2)25(22)15-17-31(23,24)3/h19-26H,4-18,32H2,1-3H3,(H,33,34)(H,35,36)/t19-,20?,21-,22?,23?,24?,25?,26+,30+,31-/m1/s1. The third kappa shape index (κ3) is 5.93. The summed E-state index contributed by atoms with van der Waals surface area (Å²) in [5.41, 5.74) is 6.62. The quantitative estimate of drug-likeness (QED) is 0.218. The molecule has 0 saturated heterocycles. The minimum atomic E-state index is -0.944. The van der Waals surface area contributed by atoms with E-state index in [1.54, 1.807) is 0 Å². The van der Waals surface area contributed by atoms with Crippen molar-refractivity contribution >= 4 is 17.9 Å². The Kier molecular flexibility index (Phi) is 9.16. The predicted molar refractivity (Wildman–Crippen MR) is 145 cm³/mol. The van der Waals surface area contributed by atoms with E-state index in [4.69, 9.17) is 20.7 Å². The van der Waals surface area contributed by atoms with Gasteiger partial charge in [0.05, 0.1) is 0 Å². The number of hydrogen-bond acceptors (Lipinski definition) is 5. The fraction of sp³-hybridized carbons (Fsp3) is 0.903. The number of fused-ring (bicyclic) bond motifs is 5. The van der Waals surface area contributed by atoms with E-state index >= 15 is 0 Å². The van der Waals surface area contributed by atoms with Crippen molar-refractivity contribution in [1.29, 1.82) is 0 Å². The molecule has 4 aliphatic rings. The minimum absolute atomic E-state index is 0.0975. The third-order valence-corrected chi connectivity index (χ3v) is 11.9. The molecule has 5 unspecified atom stereocenters. The first kappa shape index (κ1) is 29.4. The van der Waals surface area contributed by atoms with Crippen LogP contribution in [0, 0.1) is 46.3 Å². The Morgan fingerprint density at radius 2 is 1.55 bits per heavy atom. The van der Waals surface area contributed by atoms with Crippen molar-refractivity contribution in [2.24, 2.45) is 52.1 Å². The van der Waals surface area contributed by atoms with Gasteiger partial charge in [-0.3, -0.25) is 14.4 Å². The van der Waals surface area contributed by atoms with Gasteiger partial charge in [-0.2, -0.15) is 0 Å². The highest BCUT2D eigenvalue weighted by molar-refractivity contribution is 5.76.